The van der Waals surface area contributed by atoms with Gasteiger partial charge in [-0.1, -0.05) is 47.6 Å². The molecule has 3 heterocycles. The van der Waals surface area contributed by atoms with E-state index in [0.29, 0.717) is 10.9 Å². The van der Waals surface area contributed by atoms with Crippen molar-refractivity contribution >= 4 is 40.2 Å². The van der Waals surface area contributed by atoms with Crippen molar-refractivity contribution in [3.05, 3.63) is 65.1 Å². The average Bonchev–Trinajstić information content (AvgIpc) is 3.18. The zero-order valence-corrected chi connectivity index (χ0v) is 23.9. The van der Waals surface area contributed by atoms with Crippen LogP contribution in [0.15, 0.2) is 58.8 Å². The molecule has 1 saturated heterocycles. The van der Waals surface area contributed by atoms with Gasteiger partial charge in [-0.05, 0) is 62.6 Å². The Morgan fingerprint density at radius 2 is 1.89 bits per heavy atom. The highest BCUT2D eigenvalue weighted by molar-refractivity contribution is 7.99. The van der Waals surface area contributed by atoms with Crippen molar-refractivity contribution in [3.63, 3.8) is 0 Å². The summed E-state index contributed by atoms with van der Waals surface area (Å²) in [4.78, 5) is 16.6. The number of aromatic nitrogens is 3. The molecule has 2 aromatic heterocycles. The maximum atomic E-state index is 13.1. The number of rotatable bonds is 6. The number of pyridine rings is 1. The topological polar surface area (TPSA) is 80.2 Å². The van der Waals surface area contributed by atoms with E-state index in [2.05, 4.69) is 43.9 Å². The Labute approximate surface area is 230 Å². The van der Waals surface area contributed by atoms with Crippen LogP contribution in [0.5, 0.6) is 5.88 Å². The van der Waals surface area contributed by atoms with Gasteiger partial charge in [0.15, 0.2) is 0 Å². The molecule has 0 saturated carbocycles. The summed E-state index contributed by atoms with van der Waals surface area (Å²) in [5.41, 5.74) is 2.70. The Morgan fingerprint density at radius 3 is 2.57 bits per heavy atom. The summed E-state index contributed by atoms with van der Waals surface area (Å²) in [6.07, 6.45) is 8.28. The van der Waals surface area contributed by atoms with Gasteiger partial charge in [0, 0.05) is 24.2 Å². The first kappa shape index (κ1) is 26.4. The third kappa shape index (κ3) is 5.37. The zero-order valence-electron chi connectivity index (χ0n) is 21.5. The molecule has 2 atom stereocenters. The molecule has 10 heteroatoms. The van der Waals surface area contributed by atoms with Crippen molar-refractivity contribution < 1.29 is 8.95 Å². The minimum Gasteiger partial charge on any atom is -0.480 e. The first-order valence-corrected chi connectivity index (χ1v) is 14.7. The van der Waals surface area contributed by atoms with E-state index in [-0.39, 0.29) is 16.2 Å². The van der Waals surface area contributed by atoms with Crippen molar-refractivity contribution in [2.45, 2.75) is 60.7 Å². The number of nitrogens with one attached hydrogen (secondary N) is 1. The van der Waals surface area contributed by atoms with Gasteiger partial charge in [-0.25, -0.2) is 23.9 Å². The minimum atomic E-state index is -1.14. The largest absolute Gasteiger partial charge is 0.480 e. The van der Waals surface area contributed by atoms with Crippen LogP contribution in [-0.2, 0) is 17.4 Å². The van der Waals surface area contributed by atoms with Crippen molar-refractivity contribution in [3.8, 4) is 5.88 Å². The van der Waals surface area contributed by atoms with Gasteiger partial charge < -0.3 is 9.64 Å². The second-order valence-electron chi connectivity index (χ2n) is 10.6. The molecule has 1 aliphatic heterocycles. The first-order valence-electron chi connectivity index (χ1n) is 12.4. The molecule has 3 aromatic rings. The molecule has 0 bridgehead atoms. The normalized spacial score (nSPS) is 19.6. The smallest absolute Gasteiger partial charge is 0.233 e. The average molecular weight is 558 g/mol. The predicted molar refractivity (Wildman–Crippen MR) is 150 cm³/mol. The van der Waals surface area contributed by atoms with E-state index in [4.69, 9.17) is 21.3 Å². The molecule has 0 unspecified atom stereocenters. The molecule has 37 heavy (non-hydrogen) atoms. The number of hydrogen-bond donors (Lipinski definition) is 1. The van der Waals surface area contributed by atoms with Gasteiger partial charge in [-0.3, -0.25) is 0 Å². The van der Waals surface area contributed by atoms with Crippen molar-refractivity contribution in [2.75, 3.05) is 25.1 Å². The van der Waals surface area contributed by atoms with E-state index in [1.807, 2.05) is 33.0 Å². The summed E-state index contributed by atoms with van der Waals surface area (Å²) in [5, 5.41) is 1.22. The Balaban J connectivity index is 1.29. The number of piperidine rings is 1. The van der Waals surface area contributed by atoms with Crippen molar-refractivity contribution in [1.29, 1.82) is 0 Å². The summed E-state index contributed by atoms with van der Waals surface area (Å²) >= 11 is 7.82. The molecule has 0 radical (unpaired) electrons. The third-order valence-electron chi connectivity index (χ3n) is 7.23. The highest BCUT2D eigenvalue weighted by atomic mass is 35.5. The van der Waals surface area contributed by atoms with Gasteiger partial charge >= 0.3 is 0 Å². The molecule has 196 valence electrons. The Morgan fingerprint density at radius 1 is 1.14 bits per heavy atom. The van der Waals surface area contributed by atoms with Gasteiger partial charge in [0.1, 0.15) is 15.9 Å². The first-order chi connectivity index (χ1) is 17.7. The van der Waals surface area contributed by atoms with E-state index in [1.165, 1.54) is 22.9 Å². The highest BCUT2D eigenvalue weighted by Gasteiger charge is 2.48. The monoisotopic (exact) mass is 557 g/mol. The van der Waals surface area contributed by atoms with Gasteiger partial charge in [0.25, 0.3) is 0 Å². The van der Waals surface area contributed by atoms with Crippen LogP contribution in [0.3, 0.4) is 0 Å². The molecular weight excluding hydrogens is 526 g/mol. The molecule has 1 aliphatic carbocycles. The number of ether oxygens (including phenoxy) is 1. The number of benzene rings is 1. The summed E-state index contributed by atoms with van der Waals surface area (Å²) in [7, 11) is 0.408. The molecule has 0 amide bonds. The Hall–Kier alpha value is -2.20. The third-order valence-corrected chi connectivity index (χ3v) is 10.2. The second kappa shape index (κ2) is 10.5. The van der Waals surface area contributed by atoms with Gasteiger partial charge in [0.05, 0.1) is 41.3 Å². The summed E-state index contributed by atoms with van der Waals surface area (Å²) < 4.78 is 21.5. The number of hydrogen-bond acceptors (Lipinski definition) is 7. The van der Waals surface area contributed by atoms with E-state index in [9.17, 15) is 4.21 Å². The minimum absolute atomic E-state index is 0.0431. The van der Waals surface area contributed by atoms with E-state index >= 15 is 0 Å². The van der Waals surface area contributed by atoms with Gasteiger partial charge in [-0.15, -0.1) is 0 Å². The standard InChI is InChI=1S/C27H32ClN5O2S2/c1-26(2,3)37(34)32-24-19-8-6-5-7-18(19)15-27(24)10-13-33(14-11-27)21-16-31-22(17-30-21)36-20-9-12-29-25(35-4)23(20)28/h5-9,12,16-17,24,32H,10-11,13-15H2,1-4H3/t24-,37+/m1/s1. The van der Waals surface area contributed by atoms with Crippen LogP contribution in [0.4, 0.5) is 5.82 Å². The van der Waals surface area contributed by atoms with Crippen LogP contribution in [0.2, 0.25) is 5.02 Å². The van der Waals surface area contributed by atoms with E-state index in [1.54, 1.807) is 19.5 Å². The molecule has 7 nitrogen and oxygen atoms in total. The van der Waals surface area contributed by atoms with Crippen LogP contribution in [0.25, 0.3) is 0 Å². The fraction of sp³-hybridized carbons (Fsp3) is 0.444. The van der Waals surface area contributed by atoms with Crippen LogP contribution in [-0.4, -0.2) is 44.1 Å². The maximum absolute atomic E-state index is 13.1. The number of nitrogens with zero attached hydrogens (tertiary/aromatic N) is 4. The fourth-order valence-corrected chi connectivity index (χ4v) is 7.17. The molecule has 1 aromatic carbocycles. The summed E-state index contributed by atoms with van der Waals surface area (Å²) in [5.74, 6) is 1.27. The predicted octanol–water partition coefficient (Wildman–Crippen LogP) is 5.62. The second-order valence-corrected chi connectivity index (χ2v) is 14.0. The number of fused-ring (bicyclic) bond motifs is 1. The molecular formula is C27H32ClN5O2S2. The van der Waals surface area contributed by atoms with Crippen LogP contribution < -0.4 is 14.4 Å². The molecule has 5 rings (SSSR count). The van der Waals surface area contributed by atoms with Crippen LogP contribution in [0.1, 0.15) is 50.8 Å². The summed E-state index contributed by atoms with van der Waals surface area (Å²) in [6, 6.07) is 10.5. The number of methoxy groups -OCH3 is 1. The molecule has 1 fully saturated rings. The van der Waals surface area contributed by atoms with Gasteiger partial charge in [-0.2, -0.15) is 0 Å². The van der Waals surface area contributed by atoms with E-state index < -0.39 is 11.0 Å². The maximum Gasteiger partial charge on any atom is 0.233 e. The van der Waals surface area contributed by atoms with Crippen molar-refractivity contribution in [1.82, 2.24) is 19.7 Å². The SMILES string of the molecule is COc1nccc(Sc2cnc(N3CCC4(CC3)Cc3ccccc3[C@H]4N[S@@](=O)C(C)(C)C)cn2)c1Cl. The van der Waals surface area contributed by atoms with Crippen LogP contribution >= 0.6 is 23.4 Å². The fourth-order valence-electron chi connectivity index (χ4n) is 5.17. The number of anilines is 1. The van der Waals surface area contributed by atoms with Crippen LogP contribution in [0, 0.1) is 5.41 Å². The lowest BCUT2D eigenvalue weighted by Crippen LogP contribution is -2.48. The lowest BCUT2D eigenvalue weighted by atomic mass is 9.73. The zero-order chi connectivity index (χ0) is 26.2. The molecule has 2 aliphatic rings. The molecule has 1 spiro atoms. The lowest BCUT2D eigenvalue weighted by molar-refractivity contribution is 0.177. The summed E-state index contributed by atoms with van der Waals surface area (Å²) in [6.45, 7) is 7.82. The van der Waals surface area contributed by atoms with Crippen molar-refractivity contribution in [2.24, 2.45) is 5.41 Å². The molecule has 1 N–H and O–H groups in total. The lowest BCUT2D eigenvalue weighted by Gasteiger charge is -2.44. The number of halogens is 1. The van der Waals surface area contributed by atoms with E-state index in [0.717, 1.165) is 48.1 Å². The quantitative estimate of drug-likeness (QED) is 0.421. The Kier molecular flexibility index (Phi) is 7.51. The highest BCUT2D eigenvalue weighted by Crippen LogP contribution is 2.52. The van der Waals surface area contributed by atoms with Gasteiger partial charge in [0.2, 0.25) is 5.88 Å². The Bertz CT molecular complexity index is 1290.